The first-order valence-electron chi connectivity index (χ1n) is 7.85. The van der Waals surface area contributed by atoms with Gasteiger partial charge >= 0.3 is 11.9 Å². The van der Waals surface area contributed by atoms with Crippen molar-refractivity contribution in [1.29, 1.82) is 0 Å². The third-order valence-electron chi connectivity index (χ3n) is 3.79. The summed E-state index contributed by atoms with van der Waals surface area (Å²) >= 11 is 6.60. The summed E-state index contributed by atoms with van der Waals surface area (Å²) in [5.74, 6) is -0.599. The van der Waals surface area contributed by atoms with Crippen LogP contribution in [0.4, 0.5) is 18.9 Å². The second kappa shape index (κ2) is 7.72. The molecule has 3 aromatic rings. The molecule has 0 saturated heterocycles. The van der Waals surface area contributed by atoms with Crippen molar-refractivity contribution >= 4 is 44.7 Å². The summed E-state index contributed by atoms with van der Waals surface area (Å²) in [6.07, 6.45) is -4.24. The van der Waals surface area contributed by atoms with Gasteiger partial charge < -0.3 is 5.32 Å². The third kappa shape index (κ3) is 4.39. The van der Waals surface area contributed by atoms with Gasteiger partial charge in [-0.15, -0.1) is 11.3 Å². The summed E-state index contributed by atoms with van der Waals surface area (Å²) in [6, 6.07) is 8.31. The van der Waals surface area contributed by atoms with Crippen molar-refractivity contribution < 1.29 is 28.1 Å². The minimum Gasteiger partial charge on any atom is -0.350 e. The van der Waals surface area contributed by atoms with E-state index in [1.54, 1.807) is 18.2 Å². The van der Waals surface area contributed by atoms with Crippen LogP contribution >= 0.6 is 22.9 Å². The van der Waals surface area contributed by atoms with Crippen LogP contribution in [0.3, 0.4) is 0 Å². The first-order chi connectivity index (χ1) is 13.1. The lowest BCUT2D eigenvalue weighted by Crippen LogP contribution is -2.25. The zero-order chi connectivity index (χ0) is 20.5. The molecule has 1 heterocycles. The fourth-order valence-electron chi connectivity index (χ4n) is 2.51. The van der Waals surface area contributed by atoms with Gasteiger partial charge in [0.05, 0.1) is 16.0 Å². The van der Waals surface area contributed by atoms with Crippen LogP contribution in [0.25, 0.3) is 10.2 Å². The number of rotatable bonds is 5. The lowest BCUT2D eigenvalue weighted by atomic mass is 10.1. The molecule has 0 bridgehead atoms. The first kappa shape index (κ1) is 20.0. The van der Waals surface area contributed by atoms with Crippen molar-refractivity contribution in [3.05, 3.63) is 62.5 Å². The number of halogens is 4. The molecular weight excluding hydrogens is 419 g/mol. The standard InChI is InChI=1S/C17H11ClF3N3O3S/c18-11-3-1-2-9(6-11)4-5-22-15(25)16-23-12-7-10(17(19,20)21)8-13(24(26)27)14(12)28-16/h1-3,6-8H,4-5H2,(H-,22,25,26,27)/p+1. The van der Waals surface area contributed by atoms with Crippen molar-refractivity contribution in [2.24, 2.45) is 0 Å². The van der Waals surface area contributed by atoms with Crippen LogP contribution in [0.15, 0.2) is 36.4 Å². The molecule has 1 amide bonds. The number of hydrogen-bond donors (Lipinski definition) is 2. The monoisotopic (exact) mass is 430 g/mol. The van der Waals surface area contributed by atoms with Crippen molar-refractivity contribution in [2.75, 3.05) is 6.54 Å². The van der Waals surface area contributed by atoms with Gasteiger partial charge in [0.2, 0.25) is 0 Å². The van der Waals surface area contributed by atoms with Gasteiger partial charge in [0.25, 0.3) is 10.8 Å². The summed E-state index contributed by atoms with van der Waals surface area (Å²) in [5, 5.41) is 12.2. The van der Waals surface area contributed by atoms with E-state index in [1.165, 1.54) is 0 Å². The lowest BCUT2D eigenvalue weighted by Gasteiger charge is -2.04. The molecule has 0 aliphatic rings. The van der Waals surface area contributed by atoms with Gasteiger partial charge in [-0.1, -0.05) is 23.7 Å². The number of hydrogen-bond acceptors (Lipinski definition) is 4. The van der Waals surface area contributed by atoms with Crippen molar-refractivity contribution in [3.63, 3.8) is 0 Å². The minimum absolute atomic E-state index is 0.0227. The maximum absolute atomic E-state index is 13.0. The number of carbonyl (C=O) groups excluding carboxylic acids is 1. The number of alkyl halides is 3. The van der Waals surface area contributed by atoms with Crippen LogP contribution in [0.5, 0.6) is 0 Å². The van der Waals surface area contributed by atoms with E-state index in [4.69, 9.17) is 16.8 Å². The Hall–Kier alpha value is -2.72. The number of thiazole rings is 1. The Morgan fingerprint density at radius 1 is 1.29 bits per heavy atom. The summed E-state index contributed by atoms with van der Waals surface area (Å²) in [4.78, 5) is 26.7. The molecule has 28 heavy (non-hydrogen) atoms. The maximum Gasteiger partial charge on any atom is 0.416 e. The lowest BCUT2D eigenvalue weighted by molar-refractivity contribution is -0.728. The molecule has 146 valence electrons. The van der Waals surface area contributed by atoms with Gasteiger partial charge in [0.1, 0.15) is 4.70 Å². The Morgan fingerprint density at radius 2 is 2.04 bits per heavy atom. The highest BCUT2D eigenvalue weighted by atomic mass is 35.5. The van der Waals surface area contributed by atoms with Crippen LogP contribution < -0.4 is 5.32 Å². The number of fused-ring (bicyclic) bond motifs is 1. The average Bonchev–Trinajstić information content (AvgIpc) is 3.04. The Balaban J connectivity index is 1.82. The number of amides is 1. The summed E-state index contributed by atoms with van der Waals surface area (Å²) < 4.78 is 38.9. The van der Waals surface area contributed by atoms with Crippen molar-refractivity contribution in [1.82, 2.24) is 10.3 Å². The molecule has 0 aliphatic carbocycles. The van der Waals surface area contributed by atoms with Gasteiger partial charge in [-0.25, -0.2) is 10.2 Å². The van der Waals surface area contributed by atoms with E-state index in [-0.39, 0.29) is 21.8 Å². The fourth-order valence-corrected chi connectivity index (χ4v) is 3.67. The summed E-state index contributed by atoms with van der Waals surface area (Å²) in [6.45, 7) is 0.253. The van der Waals surface area contributed by atoms with Gasteiger partial charge in [-0.3, -0.25) is 4.79 Å². The van der Waals surface area contributed by atoms with Gasteiger partial charge in [-0.05, 0) is 30.2 Å². The number of aromatic nitrogens is 1. The number of carbonyl (C=O) groups is 1. The molecule has 0 saturated carbocycles. The number of nitrogens with zero attached hydrogens (tertiary/aromatic N) is 2. The van der Waals surface area contributed by atoms with E-state index in [1.807, 2.05) is 6.07 Å². The predicted octanol–water partition coefficient (Wildman–Crippen LogP) is 4.74. The second-order valence-electron chi connectivity index (χ2n) is 5.77. The molecule has 11 heteroatoms. The molecule has 6 nitrogen and oxygen atoms in total. The molecular formula is C17H12ClF3N3O3S+. The molecule has 3 rings (SSSR count). The summed E-state index contributed by atoms with van der Waals surface area (Å²) in [5.41, 5.74) is -1.08. The molecule has 2 aromatic carbocycles. The zero-order valence-electron chi connectivity index (χ0n) is 14.0. The van der Waals surface area contributed by atoms with Crippen LogP contribution in [0.2, 0.25) is 5.02 Å². The second-order valence-corrected chi connectivity index (χ2v) is 7.20. The Kier molecular flexibility index (Phi) is 5.52. The molecule has 0 radical (unpaired) electrons. The molecule has 1 aromatic heterocycles. The highest BCUT2D eigenvalue weighted by molar-refractivity contribution is 7.20. The van der Waals surface area contributed by atoms with Crippen LogP contribution in [-0.4, -0.2) is 27.6 Å². The van der Waals surface area contributed by atoms with E-state index in [0.717, 1.165) is 11.6 Å². The Bertz CT molecular complexity index is 1070. The quantitative estimate of drug-likeness (QED) is 0.573. The topological polar surface area (TPSA) is 82.3 Å². The van der Waals surface area contributed by atoms with Gasteiger partial charge in [-0.2, -0.15) is 13.2 Å². The highest BCUT2D eigenvalue weighted by Gasteiger charge is 2.35. The van der Waals surface area contributed by atoms with Crippen LogP contribution in [0.1, 0.15) is 20.9 Å². The SMILES string of the molecule is O=C(NCCc1cccc(Cl)c1)c1nc2cc(C(F)(F)F)cc([N+](=O)O)c2s1. The van der Waals surface area contributed by atoms with E-state index in [0.29, 0.717) is 28.8 Å². The van der Waals surface area contributed by atoms with E-state index in [2.05, 4.69) is 10.3 Å². The third-order valence-corrected chi connectivity index (χ3v) is 5.11. The van der Waals surface area contributed by atoms with Crippen molar-refractivity contribution in [3.8, 4) is 0 Å². The number of nitrogens with one attached hydrogen (secondary N) is 1. The van der Waals surface area contributed by atoms with Gasteiger partial charge in [0, 0.05) is 17.6 Å². The molecule has 0 atom stereocenters. The van der Waals surface area contributed by atoms with Crippen LogP contribution in [0, 0.1) is 4.91 Å². The highest BCUT2D eigenvalue weighted by Crippen LogP contribution is 2.38. The fraction of sp³-hybridized carbons (Fsp3) is 0.176. The largest absolute Gasteiger partial charge is 0.416 e. The Labute approximate surface area is 165 Å². The molecule has 2 N–H and O–H groups in total. The zero-order valence-corrected chi connectivity index (χ0v) is 15.5. The van der Waals surface area contributed by atoms with Crippen LogP contribution in [-0.2, 0) is 12.6 Å². The average molecular weight is 431 g/mol. The summed E-state index contributed by atoms with van der Waals surface area (Å²) in [7, 11) is 0. The van der Waals surface area contributed by atoms with Gasteiger partial charge in [0.15, 0.2) is 5.01 Å². The normalized spacial score (nSPS) is 11.6. The Morgan fingerprint density at radius 3 is 2.68 bits per heavy atom. The van der Waals surface area contributed by atoms with E-state index < -0.39 is 28.3 Å². The molecule has 0 fully saturated rings. The smallest absolute Gasteiger partial charge is 0.350 e. The minimum atomic E-state index is -4.73. The predicted molar refractivity (Wildman–Crippen MR) is 97.2 cm³/mol. The maximum atomic E-state index is 13.0. The van der Waals surface area contributed by atoms with Crippen molar-refractivity contribution in [2.45, 2.75) is 12.6 Å². The van der Waals surface area contributed by atoms with E-state index >= 15 is 0 Å². The molecule has 0 unspecified atom stereocenters. The van der Waals surface area contributed by atoms with E-state index in [9.17, 15) is 22.9 Å². The molecule has 0 aliphatic heterocycles. The molecule has 0 spiro atoms. The first-order valence-corrected chi connectivity index (χ1v) is 9.05. The number of benzene rings is 2.